The highest BCUT2D eigenvalue weighted by molar-refractivity contribution is 5.92. The summed E-state index contributed by atoms with van der Waals surface area (Å²) in [6.45, 7) is 3.52. The molecule has 5 heteroatoms. The molecule has 5 nitrogen and oxygen atoms in total. The first-order valence-electron chi connectivity index (χ1n) is 8.15. The number of hydrogen-bond acceptors (Lipinski definition) is 4. The predicted molar refractivity (Wildman–Crippen MR) is 93.7 cm³/mol. The topological polar surface area (TPSA) is 69.0 Å². The van der Waals surface area contributed by atoms with Crippen molar-refractivity contribution in [1.29, 1.82) is 5.26 Å². The van der Waals surface area contributed by atoms with Crippen LogP contribution < -0.4 is 10.2 Å². The molecule has 1 amide bonds. The zero-order chi connectivity index (χ0) is 16.9. The summed E-state index contributed by atoms with van der Waals surface area (Å²) in [6.07, 6.45) is 1.85. The molecule has 3 rings (SSSR count). The number of anilines is 2. The van der Waals surface area contributed by atoms with Crippen molar-refractivity contribution in [2.24, 2.45) is 5.92 Å². The molecule has 1 aliphatic rings. The Morgan fingerprint density at radius 2 is 2.08 bits per heavy atom. The Hall–Kier alpha value is -2.87. The summed E-state index contributed by atoms with van der Waals surface area (Å²) in [7, 11) is 0. The first kappa shape index (κ1) is 16.0. The van der Waals surface area contributed by atoms with Crippen molar-refractivity contribution >= 4 is 17.4 Å². The normalized spacial score (nSPS) is 17.2. The van der Waals surface area contributed by atoms with E-state index in [2.05, 4.69) is 21.3 Å². The number of carbonyl (C=O) groups is 1. The second-order valence-corrected chi connectivity index (χ2v) is 6.10. The molecule has 1 saturated heterocycles. The lowest BCUT2D eigenvalue weighted by atomic mass is 9.96. The molecule has 1 aromatic carbocycles. The zero-order valence-electron chi connectivity index (χ0n) is 13.7. The van der Waals surface area contributed by atoms with E-state index < -0.39 is 0 Å². The number of pyridine rings is 1. The third kappa shape index (κ3) is 3.72. The summed E-state index contributed by atoms with van der Waals surface area (Å²) in [4.78, 5) is 19.1. The third-order valence-electron chi connectivity index (χ3n) is 4.29. The molecule has 1 N–H and O–H groups in total. The second kappa shape index (κ2) is 7.14. The van der Waals surface area contributed by atoms with Gasteiger partial charge in [0.15, 0.2) is 0 Å². The SMILES string of the molecule is Cc1cccc(NC(=O)C2CCCN(c3ccc(C#N)cc3)C2)n1. The standard InChI is InChI=1S/C19H20N4O/c1-14-4-2-6-18(21-14)22-19(24)16-5-3-11-23(13-16)17-9-7-15(12-20)8-10-17/h2,4,6-10,16H,3,5,11,13H2,1H3,(H,21,22,24). The van der Waals surface area contributed by atoms with Gasteiger partial charge in [0, 0.05) is 24.5 Å². The lowest BCUT2D eigenvalue weighted by molar-refractivity contribution is -0.120. The van der Waals surface area contributed by atoms with E-state index in [9.17, 15) is 4.79 Å². The number of aromatic nitrogens is 1. The Labute approximate surface area is 141 Å². The van der Waals surface area contributed by atoms with E-state index >= 15 is 0 Å². The van der Waals surface area contributed by atoms with Crippen molar-refractivity contribution in [3.8, 4) is 6.07 Å². The Morgan fingerprint density at radius 1 is 1.29 bits per heavy atom. The smallest absolute Gasteiger partial charge is 0.230 e. The number of hydrogen-bond donors (Lipinski definition) is 1. The Balaban J connectivity index is 1.66. The molecule has 2 heterocycles. The van der Waals surface area contributed by atoms with Gasteiger partial charge < -0.3 is 10.2 Å². The quantitative estimate of drug-likeness (QED) is 0.943. The summed E-state index contributed by atoms with van der Waals surface area (Å²) >= 11 is 0. The van der Waals surface area contributed by atoms with Crippen molar-refractivity contribution < 1.29 is 4.79 Å². The number of nitrogens with one attached hydrogen (secondary N) is 1. The maximum Gasteiger partial charge on any atom is 0.230 e. The van der Waals surface area contributed by atoms with Crippen LogP contribution in [0.1, 0.15) is 24.1 Å². The van der Waals surface area contributed by atoms with E-state index in [1.54, 1.807) is 0 Å². The number of carbonyl (C=O) groups excluding carboxylic acids is 1. The molecule has 122 valence electrons. The molecule has 0 aliphatic carbocycles. The Kier molecular flexibility index (Phi) is 4.76. The first-order valence-corrected chi connectivity index (χ1v) is 8.15. The number of amides is 1. The number of benzene rings is 1. The van der Waals surface area contributed by atoms with E-state index in [0.29, 0.717) is 17.9 Å². The van der Waals surface area contributed by atoms with Crippen LogP contribution in [0.25, 0.3) is 0 Å². The minimum absolute atomic E-state index is 0.0199. The largest absolute Gasteiger partial charge is 0.371 e. The number of rotatable bonds is 3. The van der Waals surface area contributed by atoms with Crippen molar-refractivity contribution in [2.75, 3.05) is 23.3 Å². The van der Waals surface area contributed by atoms with Crippen LogP contribution >= 0.6 is 0 Å². The molecule has 24 heavy (non-hydrogen) atoms. The van der Waals surface area contributed by atoms with Crippen molar-refractivity contribution in [2.45, 2.75) is 19.8 Å². The fraction of sp³-hybridized carbons (Fsp3) is 0.316. The molecule has 0 radical (unpaired) electrons. The highest BCUT2D eigenvalue weighted by Gasteiger charge is 2.26. The third-order valence-corrected chi connectivity index (χ3v) is 4.29. The van der Waals surface area contributed by atoms with Gasteiger partial charge in [-0.25, -0.2) is 4.98 Å². The molecular formula is C19H20N4O. The maximum atomic E-state index is 12.5. The van der Waals surface area contributed by atoms with Gasteiger partial charge >= 0.3 is 0 Å². The molecule has 0 bridgehead atoms. The minimum atomic E-state index is -0.0586. The van der Waals surface area contributed by atoms with Gasteiger partial charge in [-0.2, -0.15) is 5.26 Å². The van der Waals surface area contributed by atoms with Crippen LogP contribution in [0.3, 0.4) is 0 Å². The fourth-order valence-corrected chi connectivity index (χ4v) is 3.01. The summed E-state index contributed by atoms with van der Waals surface area (Å²) in [5.74, 6) is 0.568. The molecule has 1 atom stereocenters. The monoisotopic (exact) mass is 320 g/mol. The van der Waals surface area contributed by atoms with Crippen molar-refractivity contribution in [3.05, 3.63) is 53.7 Å². The van der Waals surface area contributed by atoms with Gasteiger partial charge in [0.05, 0.1) is 17.6 Å². The molecule has 1 unspecified atom stereocenters. The van der Waals surface area contributed by atoms with Crippen LogP contribution in [-0.2, 0) is 4.79 Å². The summed E-state index contributed by atoms with van der Waals surface area (Å²) < 4.78 is 0. The van der Waals surface area contributed by atoms with Gasteiger partial charge in [-0.15, -0.1) is 0 Å². The summed E-state index contributed by atoms with van der Waals surface area (Å²) in [5, 5.41) is 11.8. The molecule has 1 aromatic heterocycles. The van der Waals surface area contributed by atoms with E-state index in [1.165, 1.54) is 0 Å². The van der Waals surface area contributed by atoms with E-state index in [1.807, 2.05) is 49.4 Å². The highest BCUT2D eigenvalue weighted by Crippen LogP contribution is 2.24. The highest BCUT2D eigenvalue weighted by atomic mass is 16.2. The van der Waals surface area contributed by atoms with Crippen LogP contribution in [0.2, 0.25) is 0 Å². The van der Waals surface area contributed by atoms with E-state index in [4.69, 9.17) is 5.26 Å². The number of aryl methyl sites for hydroxylation is 1. The molecule has 1 fully saturated rings. The van der Waals surface area contributed by atoms with Crippen molar-refractivity contribution in [1.82, 2.24) is 4.98 Å². The van der Waals surface area contributed by atoms with Gasteiger partial charge in [0.25, 0.3) is 0 Å². The van der Waals surface area contributed by atoms with E-state index in [0.717, 1.165) is 30.8 Å². The number of nitriles is 1. The van der Waals surface area contributed by atoms with Crippen LogP contribution in [0.15, 0.2) is 42.5 Å². The molecule has 0 spiro atoms. The molecule has 2 aromatic rings. The zero-order valence-corrected chi connectivity index (χ0v) is 13.7. The van der Waals surface area contributed by atoms with Crippen molar-refractivity contribution in [3.63, 3.8) is 0 Å². The average Bonchev–Trinajstić information content (AvgIpc) is 2.62. The van der Waals surface area contributed by atoms with Crippen LogP contribution in [0, 0.1) is 24.2 Å². The molecule has 1 aliphatic heterocycles. The Bertz CT molecular complexity index is 764. The number of nitrogens with zero attached hydrogens (tertiary/aromatic N) is 3. The Morgan fingerprint density at radius 3 is 2.79 bits per heavy atom. The van der Waals surface area contributed by atoms with Gasteiger partial charge in [0.2, 0.25) is 5.91 Å². The summed E-state index contributed by atoms with van der Waals surface area (Å²) in [6, 6.07) is 15.3. The average molecular weight is 320 g/mol. The maximum absolute atomic E-state index is 12.5. The number of piperidine rings is 1. The predicted octanol–water partition coefficient (Wildman–Crippen LogP) is 3.12. The van der Waals surface area contributed by atoms with Gasteiger partial charge in [0.1, 0.15) is 5.82 Å². The lowest BCUT2D eigenvalue weighted by Gasteiger charge is -2.33. The molecular weight excluding hydrogens is 300 g/mol. The van der Waals surface area contributed by atoms with Crippen LogP contribution in [0.5, 0.6) is 0 Å². The van der Waals surface area contributed by atoms with Gasteiger partial charge in [-0.05, 0) is 56.2 Å². The summed E-state index contributed by atoms with van der Waals surface area (Å²) in [5.41, 5.74) is 2.59. The second-order valence-electron chi connectivity index (χ2n) is 6.10. The van der Waals surface area contributed by atoms with Crippen LogP contribution in [-0.4, -0.2) is 24.0 Å². The lowest BCUT2D eigenvalue weighted by Crippen LogP contribution is -2.40. The molecule has 0 saturated carbocycles. The first-order chi connectivity index (χ1) is 11.7. The fourth-order valence-electron chi connectivity index (χ4n) is 3.01. The van der Waals surface area contributed by atoms with E-state index in [-0.39, 0.29) is 11.8 Å². The van der Waals surface area contributed by atoms with Crippen LogP contribution in [0.4, 0.5) is 11.5 Å². The van der Waals surface area contributed by atoms with Gasteiger partial charge in [-0.1, -0.05) is 6.07 Å². The van der Waals surface area contributed by atoms with Gasteiger partial charge in [-0.3, -0.25) is 4.79 Å². The minimum Gasteiger partial charge on any atom is -0.371 e.